The molecule has 1 aliphatic carbocycles. The minimum absolute atomic E-state index is 0.152. The predicted molar refractivity (Wildman–Crippen MR) is 258 cm³/mol. The Balaban J connectivity index is 0.000000233. The molecular formula is C58H59N. The third kappa shape index (κ3) is 7.87. The van der Waals surface area contributed by atoms with Crippen LogP contribution in [0.1, 0.15) is 86.9 Å². The van der Waals surface area contributed by atoms with E-state index in [0.717, 1.165) is 12.8 Å². The molecule has 0 atom stereocenters. The monoisotopic (exact) mass is 769 g/mol. The van der Waals surface area contributed by atoms with Gasteiger partial charge in [-0.25, -0.2) is 0 Å². The molecule has 0 amide bonds. The van der Waals surface area contributed by atoms with E-state index in [4.69, 9.17) is 0 Å². The van der Waals surface area contributed by atoms with Crippen LogP contribution in [0.4, 0.5) is 0 Å². The zero-order chi connectivity index (χ0) is 41.7. The van der Waals surface area contributed by atoms with E-state index in [1.54, 1.807) is 0 Å². The van der Waals surface area contributed by atoms with E-state index in [1.165, 1.54) is 99.8 Å². The topological polar surface area (TPSA) is 4.93 Å². The van der Waals surface area contributed by atoms with Gasteiger partial charge in [0.2, 0.25) is 0 Å². The lowest BCUT2D eigenvalue weighted by atomic mass is 9.80. The highest BCUT2D eigenvalue weighted by Gasteiger charge is 2.35. The fourth-order valence-electron chi connectivity index (χ4n) is 9.14. The zero-order valence-corrected chi connectivity index (χ0v) is 36.5. The molecule has 0 spiro atoms. The molecule has 0 N–H and O–H groups in total. The fourth-order valence-corrected chi connectivity index (χ4v) is 9.14. The quantitative estimate of drug-likeness (QED) is 0.152. The average Bonchev–Trinajstić information content (AvgIpc) is 3.72. The van der Waals surface area contributed by atoms with Gasteiger partial charge in [0, 0.05) is 21.9 Å². The highest BCUT2D eigenvalue weighted by Crippen LogP contribution is 2.48. The summed E-state index contributed by atoms with van der Waals surface area (Å²) in [6.45, 7) is 19.7. The van der Waals surface area contributed by atoms with Crippen LogP contribution >= 0.6 is 0 Å². The van der Waals surface area contributed by atoms with Crippen LogP contribution in [0.5, 0.6) is 0 Å². The van der Waals surface area contributed by atoms with Crippen LogP contribution in [0.2, 0.25) is 0 Å². The number of hydrogen-bond acceptors (Lipinski definition) is 0. The maximum absolute atomic E-state index is 2.45. The lowest BCUT2D eigenvalue weighted by Gasteiger charge is -2.23. The second-order valence-corrected chi connectivity index (χ2v) is 16.1. The smallest absolute Gasteiger partial charge is 0.0582 e. The molecule has 8 aromatic rings. The average molecular weight is 770 g/mol. The number of allylic oxidation sites excluding steroid dienone is 4. The van der Waals surface area contributed by atoms with Crippen molar-refractivity contribution in [3.63, 3.8) is 0 Å². The molecule has 1 aromatic heterocycles. The van der Waals surface area contributed by atoms with Gasteiger partial charge in [-0.05, 0) is 132 Å². The summed E-state index contributed by atoms with van der Waals surface area (Å²) in [6, 6.07) is 57.5. The van der Waals surface area contributed by atoms with Crippen molar-refractivity contribution in [3.05, 3.63) is 214 Å². The molecule has 0 unspecified atom stereocenters. The number of fused-ring (bicyclic) bond motifs is 4. The Morgan fingerprint density at radius 2 is 1.22 bits per heavy atom. The van der Waals surface area contributed by atoms with Crippen LogP contribution in [0.15, 0.2) is 175 Å². The molecule has 1 nitrogen and oxygen atoms in total. The lowest BCUT2D eigenvalue weighted by Crippen LogP contribution is -2.16. The van der Waals surface area contributed by atoms with E-state index in [2.05, 4.69) is 223 Å². The van der Waals surface area contributed by atoms with E-state index in [9.17, 15) is 0 Å². The Hall–Kier alpha value is -6.18. The fraction of sp³-hybridized carbons (Fsp3) is 0.207. The second-order valence-electron chi connectivity index (χ2n) is 16.1. The van der Waals surface area contributed by atoms with Gasteiger partial charge in [-0.1, -0.05) is 186 Å². The summed E-state index contributed by atoms with van der Waals surface area (Å²) < 4.78 is 2.45. The molecular weight excluding hydrogens is 711 g/mol. The summed E-state index contributed by atoms with van der Waals surface area (Å²) in [5.74, 6) is 0. The molecule has 9 rings (SSSR count). The van der Waals surface area contributed by atoms with Gasteiger partial charge in [0.25, 0.3) is 0 Å². The Bertz CT molecular complexity index is 2770. The Labute approximate surface area is 353 Å². The molecule has 1 aliphatic rings. The standard InChI is InChI=1S/C39H31N.C17H22.C2H6/c1-27-13-9-10-18-33(27)35-26-36(31-23-21-30(22-24-31)25-29-14-5-3-6-15-29)38-34-19-11-12-20-37(34)40(39(38)28(35)2)32-16-7-4-8-17-32;1-6-8-15-13(7-2)14-10-9-12(3)11-16(14)17(15,4)5;1-2/h3-24,26H,25H2,1-2H3;6,8-11H,7H2,1-5H3;1-2H3/b;8-6-;. The summed E-state index contributed by atoms with van der Waals surface area (Å²) >= 11 is 0. The molecule has 1 heteroatoms. The zero-order valence-electron chi connectivity index (χ0n) is 36.5. The second kappa shape index (κ2) is 17.8. The lowest BCUT2D eigenvalue weighted by molar-refractivity contribution is 0.653. The first-order valence-electron chi connectivity index (χ1n) is 21.5. The number of aryl methyl sites for hydroxylation is 3. The number of nitrogens with zero attached hydrogens (tertiary/aromatic N) is 1. The van der Waals surface area contributed by atoms with E-state index < -0.39 is 0 Å². The maximum atomic E-state index is 2.45. The third-order valence-electron chi connectivity index (χ3n) is 12.0. The highest BCUT2D eigenvalue weighted by atomic mass is 15.0. The van der Waals surface area contributed by atoms with Gasteiger partial charge in [-0.15, -0.1) is 0 Å². The summed E-state index contributed by atoms with van der Waals surface area (Å²) in [7, 11) is 0. The van der Waals surface area contributed by atoms with Crippen LogP contribution in [0.3, 0.4) is 0 Å². The van der Waals surface area contributed by atoms with E-state index >= 15 is 0 Å². The first-order chi connectivity index (χ1) is 28.7. The van der Waals surface area contributed by atoms with Gasteiger partial charge < -0.3 is 4.57 Å². The van der Waals surface area contributed by atoms with Crippen molar-refractivity contribution in [1.82, 2.24) is 4.57 Å². The van der Waals surface area contributed by atoms with Crippen molar-refractivity contribution in [2.45, 2.75) is 80.6 Å². The third-order valence-corrected chi connectivity index (χ3v) is 12.0. The molecule has 1 heterocycles. The Morgan fingerprint density at radius 3 is 1.90 bits per heavy atom. The summed E-state index contributed by atoms with van der Waals surface area (Å²) in [5.41, 5.74) is 21.5. The van der Waals surface area contributed by atoms with Crippen LogP contribution in [-0.4, -0.2) is 4.57 Å². The Morgan fingerprint density at radius 1 is 0.593 bits per heavy atom. The number of rotatable bonds is 7. The number of para-hydroxylation sites is 2. The molecule has 59 heavy (non-hydrogen) atoms. The van der Waals surface area contributed by atoms with Gasteiger partial charge in [0.1, 0.15) is 0 Å². The minimum atomic E-state index is 0.152. The van der Waals surface area contributed by atoms with Gasteiger partial charge in [0.05, 0.1) is 11.0 Å². The van der Waals surface area contributed by atoms with Crippen molar-refractivity contribution < 1.29 is 0 Å². The normalized spacial score (nSPS) is 13.0. The highest BCUT2D eigenvalue weighted by molar-refractivity contribution is 6.18. The maximum Gasteiger partial charge on any atom is 0.0582 e. The molecule has 7 aromatic carbocycles. The van der Waals surface area contributed by atoms with Crippen LogP contribution in [-0.2, 0) is 11.8 Å². The van der Waals surface area contributed by atoms with Crippen LogP contribution < -0.4 is 0 Å². The SMILES string of the molecule is C/C=C\C1=C(CC)c2ccc(C)cc2C1(C)C.CC.Cc1ccccc1-c1cc(-c2ccc(Cc3ccccc3)cc2)c2c3ccccc3n(-c3ccccc3)c2c1C. The van der Waals surface area contributed by atoms with Gasteiger partial charge >= 0.3 is 0 Å². The molecule has 296 valence electrons. The predicted octanol–water partition coefficient (Wildman–Crippen LogP) is 16.4. The van der Waals surface area contributed by atoms with Gasteiger partial charge in [-0.2, -0.15) is 0 Å². The Kier molecular flexibility index (Phi) is 12.3. The molecule has 0 fully saturated rings. The van der Waals surface area contributed by atoms with Gasteiger partial charge in [0.15, 0.2) is 0 Å². The van der Waals surface area contributed by atoms with Crippen molar-refractivity contribution in [3.8, 4) is 27.9 Å². The van der Waals surface area contributed by atoms with Crippen LogP contribution in [0.25, 0.3) is 55.3 Å². The first kappa shape index (κ1) is 41.0. The molecule has 0 saturated heterocycles. The van der Waals surface area contributed by atoms with E-state index in [0.29, 0.717) is 0 Å². The van der Waals surface area contributed by atoms with E-state index in [1.807, 2.05) is 13.8 Å². The summed E-state index contributed by atoms with van der Waals surface area (Å²) in [6.07, 6.45) is 6.49. The largest absolute Gasteiger partial charge is 0.309 e. The van der Waals surface area contributed by atoms with Crippen LogP contribution in [0, 0.1) is 20.8 Å². The minimum Gasteiger partial charge on any atom is -0.309 e. The van der Waals surface area contributed by atoms with Crippen molar-refractivity contribution in [2.24, 2.45) is 0 Å². The van der Waals surface area contributed by atoms with E-state index in [-0.39, 0.29) is 5.41 Å². The van der Waals surface area contributed by atoms with Crippen molar-refractivity contribution >= 4 is 27.4 Å². The molecule has 0 bridgehead atoms. The summed E-state index contributed by atoms with van der Waals surface area (Å²) in [4.78, 5) is 0. The number of hydrogen-bond donors (Lipinski definition) is 0. The number of aromatic nitrogens is 1. The van der Waals surface area contributed by atoms with Crippen molar-refractivity contribution in [2.75, 3.05) is 0 Å². The number of benzene rings is 7. The summed E-state index contributed by atoms with van der Waals surface area (Å²) in [5, 5.41) is 2.59. The molecule has 0 radical (unpaired) electrons. The first-order valence-corrected chi connectivity index (χ1v) is 21.5. The molecule has 0 saturated carbocycles. The van der Waals surface area contributed by atoms with Gasteiger partial charge in [-0.3, -0.25) is 0 Å². The molecule has 0 aliphatic heterocycles. The van der Waals surface area contributed by atoms with Crippen molar-refractivity contribution in [1.29, 1.82) is 0 Å².